The zero-order valence-electron chi connectivity index (χ0n) is 13.5. The summed E-state index contributed by atoms with van der Waals surface area (Å²) in [4.78, 5) is 15.3. The molecule has 0 bridgehead atoms. The number of alkyl halides is 3. The molecule has 1 aliphatic heterocycles. The molecule has 0 aliphatic carbocycles. The number of piperazine rings is 1. The summed E-state index contributed by atoms with van der Waals surface area (Å²) in [6, 6.07) is 6.13. The summed E-state index contributed by atoms with van der Waals surface area (Å²) in [6.45, 7) is 0.987. The van der Waals surface area contributed by atoms with Crippen molar-refractivity contribution in [2.45, 2.75) is 19.2 Å². The highest BCUT2D eigenvalue weighted by atomic mass is 19.4. The number of amides is 1. The molecule has 1 aromatic carbocycles. The van der Waals surface area contributed by atoms with Gasteiger partial charge in [-0.2, -0.15) is 18.4 Å². The van der Waals surface area contributed by atoms with Crippen molar-refractivity contribution in [3.05, 3.63) is 29.6 Å². The molecule has 2 rings (SSSR count). The van der Waals surface area contributed by atoms with Crippen LogP contribution in [0.4, 0.5) is 23.2 Å². The predicted molar refractivity (Wildman–Crippen MR) is 81.4 cm³/mol. The number of hydrogen-bond acceptors (Lipinski definition) is 4. The third-order valence-electron chi connectivity index (χ3n) is 3.88. The number of nitriles is 1. The fourth-order valence-electron chi connectivity index (χ4n) is 2.60. The largest absolute Gasteiger partial charge is 0.411 e. The highest BCUT2D eigenvalue weighted by Crippen LogP contribution is 2.24. The molecule has 0 N–H and O–H groups in total. The van der Waals surface area contributed by atoms with Gasteiger partial charge in [-0.1, -0.05) is 6.07 Å². The summed E-state index contributed by atoms with van der Waals surface area (Å²) in [5, 5.41) is 9.08. The Hall–Kier alpha value is -2.34. The van der Waals surface area contributed by atoms with E-state index in [1.54, 1.807) is 11.0 Å². The van der Waals surface area contributed by atoms with Crippen LogP contribution in [0.25, 0.3) is 0 Å². The Balaban J connectivity index is 1.95. The summed E-state index contributed by atoms with van der Waals surface area (Å²) < 4.78 is 54.7. The zero-order valence-corrected chi connectivity index (χ0v) is 13.5. The second-order valence-corrected chi connectivity index (χ2v) is 5.63. The van der Waals surface area contributed by atoms with Crippen molar-refractivity contribution in [3.63, 3.8) is 0 Å². The number of nitrogens with zero attached hydrogens (tertiary/aromatic N) is 3. The van der Waals surface area contributed by atoms with Crippen LogP contribution in [0, 0.1) is 17.1 Å². The summed E-state index contributed by atoms with van der Waals surface area (Å²) >= 11 is 0. The van der Waals surface area contributed by atoms with Gasteiger partial charge in [-0.15, -0.1) is 0 Å². The average Bonchev–Trinajstić information content (AvgIpc) is 2.58. The van der Waals surface area contributed by atoms with Gasteiger partial charge in [-0.25, -0.2) is 4.39 Å². The van der Waals surface area contributed by atoms with E-state index in [9.17, 15) is 22.4 Å². The number of hydrogen-bond donors (Lipinski definition) is 0. The topological polar surface area (TPSA) is 56.6 Å². The standard InChI is InChI=1S/C16H17F4N3O2/c1-11(25-10-16(18,19)20)15(24)23-7-5-22(6-8-23)14-4-2-3-13(17)12(14)9-21/h2-4,11H,5-8,10H2,1H3. The molecule has 1 heterocycles. The van der Waals surface area contributed by atoms with Crippen LogP contribution in [0.1, 0.15) is 12.5 Å². The van der Waals surface area contributed by atoms with E-state index >= 15 is 0 Å². The van der Waals surface area contributed by atoms with Crippen molar-refractivity contribution < 1.29 is 27.1 Å². The Bertz CT molecular complexity index is 664. The van der Waals surface area contributed by atoms with E-state index < -0.39 is 30.6 Å². The third-order valence-corrected chi connectivity index (χ3v) is 3.88. The highest BCUT2D eigenvalue weighted by Gasteiger charge is 2.32. The second kappa shape index (κ2) is 7.70. The molecule has 1 saturated heterocycles. The van der Waals surface area contributed by atoms with Gasteiger partial charge >= 0.3 is 6.18 Å². The van der Waals surface area contributed by atoms with E-state index in [0.29, 0.717) is 18.8 Å². The minimum Gasteiger partial charge on any atom is -0.367 e. The molecule has 1 unspecified atom stereocenters. The summed E-state index contributed by atoms with van der Waals surface area (Å²) in [5.74, 6) is -1.14. The van der Waals surface area contributed by atoms with Crippen LogP contribution in [0.15, 0.2) is 18.2 Å². The molecule has 1 amide bonds. The summed E-state index contributed by atoms with van der Waals surface area (Å²) in [7, 11) is 0. The van der Waals surface area contributed by atoms with E-state index in [1.165, 1.54) is 24.0 Å². The zero-order chi connectivity index (χ0) is 18.6. The first-order valence-electron chi connectivity index (χ1n) is 7.63. The fraction of sp³-hybridized carbons (Fsp3) is 0.500. The Morgan fingerprint density at radius 2 is 1.96 bits per heavy atom. The van der Waals surface area contributed by atoms with Crippen molar-refractivity contribution in [3.8, 4) is 6.07 Å². The lowest BCUT2D eigenvalue weighted by atomic mass is 10.1. The maximum atomic E-state index is 13.7. The molecule has 0 spiro atoms. The lowest BCUT2D eigenvalue weighted by molar-refractivity contribution is -0.188. The lowest BCUT2D eigenvalue weighted by Gasteiger charge is -2.37. The number of carbonyl (C=O) groups is 1. The molecule has 25 heavy (non-hydrogen) atoms. The quantitative estimate of drug-likeness (QED) is 0.775. The van der Waals surface area contributed by atoms with E-state index in [0.717, 1.165) is 0 Å². The Morgan fingerprint density at radius 1 is 1.32 bits per heavy atom. The Kier molecular flexibility index (Phi) is 5.85. The van der Waals surface area contributed by atoms with Crippen LogP contribution in [-0.4, -0.2) is 55.9 Å². The number of benzene rings is 1. The van der Waals surface area contributed by atoms with Gasteiger partial charge in [0, 0.05) is 26.2 Å². The first kappa shape index (κ1) is 19.0. The molecule has 1 aliphatic rings. The lowest BCUT2D eigenvalue weighted by Crippen LogP contribution is -2.51. The maximum Gasteiger partial charge on any atom is 0.411 e. The molecular weight excluding hydrogens is 342 g/mol. The first-order chi connectivity index (χ1) is 11.7. The van der Waals surface area contributed by atoms with E-state index in [2.05, 4.69) is 4.74 Å². The monoisotopic (exact) mass is 359 g/mol. The highest BCUT2D eigenvalue weighted by molar-refractivity contribution is 5.81. The van der Waals surface area contributed by atoms with Crippen molar-refractivity contribution in [1.29, 1.82) is 5.26 Å². The van der Waals surface area contributed by atoms with Gasteiger partial charge in [0.2, 0.25) is 0 Å². The van der Waals surface area contributed by atoms with Crippen molar-refractivity contribution in [2.75, 3.05) is 37.7 Å². The molecule has 0 radical (unpaired) electrons. The molecule has 5 nitrogen and oxygen atoms in total. The Morgan fingerprint density at radius 3 is 2.52 bits per heavy atom. The van der Waals surface area contributed by atoms with Gasteiger partial charge in [0.05, 0.1) is 5.69 Å². The van der Waals surface area contributed by atoms with Crippen molar-refractivity contribution in [1.82, 2.24) is 4.90 Å². The Labute approximate surface area is 142 Å². The van der Waals surface area contributed by atoms with Crippen LogP contribution >= 0.6 is 0 Å². The summed E-state index contributed by atoms with van der Waals surface area (Å²) in [6.07, 6.45) is -5.68. The number of carbonyl (C=O) groups excluding carboxylic acids is 1. The molecule has 1 atom stereocenters. The number of anilines is 1. The van der Waals surface area contributed by atoms with Gasteiger partial charge in [0.15, 0.2) is 0 Å². The normalized spacial score (nSPS) is 16.5. The van der Waals surface area contributed by atoms with Gasteiger partial charge in [0.25, 0.3) is 5.91 Å². The van der Waals surface area contributed by atoms with Crippen molar-refractivity contribution >= 4 is 11.6 Å². The van der Waals surface area contributed by atoms with Gasteiger partial charge in [-0.05, 0) is 19.1 Å². The van der Waals surface area contributed by atoms with E-state index in [1.807, 2.05) is 6.07 Å². The van der Waals surface area contributed by atoms with Crippen LogP contribution in [0.2, 0.25) is 0 Å². The maximum absolute atomic E-state index is 13.7. The van der Waals surface area contributed by atoms with Gasteiger partial charge in [0.1, 0.15) is 30.2 Å². The predicted octanol–water partition coefficient (Wildman–Crippen LogP) is 2.31. The number of halogens is 4. The van der Waals surface area contributed by atoms with Crippen molar-refractivity contribution in [2.24, 2.45) is 0 Å². The van der Waals surface area contributed by atoms with Crippen LogP contribution in [-0.2, 0) is 9.53 Å². The molecule has 0 aromatic heterocycles. The molecule has 1 fully saturated rings. The smallest absolute Gasteiger partial charge is 0.367 e. The van der Waals surface area contributed by atoms with E-state index in [-0.39, 0.29) is 18.7 Å². The first-order valence-corrected chi connectivity index (χ1v) is 7.63. The molecular formula is C16H17F4N3O2. The minimum atomic E-state index is -4.49. The SMILES string of the molecule is CC(OCC(F)(F)F)C(=O)N1CCN(c2cccc(F)c2C#N)CC1. The molecule has 136 valence electrons. The van der Waals surface area contributed by atoms with E-state index in [4.69, 9.17) is 5.26 Å². The van der Waals surface area contributed by atoms with Crippen LogP contribution < -0.4 is 4.90 Å². The van der Waals surface area contributed by atoms with Crippen LogP contribution in [0.5, 0.6) is 0 Å². The summed E-state index contributed by atoms with van der Waals surface area (Å²) in [5.41, 5.74) is 0.375. The number of rotatable bonds is 4. The molecule has 1 aromatic rings. The average molecular weight is 359 g/mol. The number of ether oxygens (including phenoxy) is 1. The van der Waals surface area contributed by atoms with Gasteiger partial charge < -0.3 is 14.5 Å². The van der Waals surface area contributed by atoms with Crippen LogP contribution in [0.3, 0.4) is 0 Å². The van der Waals surface area contributed by atoms with Gasteiger partial charge in [-0.3, -0.25) is 4.79 Å². The fourth-order valence-corrected chi connectivity index (χ4v) is 2.60. The molecule has 0 saturated carbocycles. The third kappa shape index (κ3) is 4.82. The second-order valence-electron chi connectivity index (χ2n) is 5.63. The minimum absolute atomic E-state index is 0.0656. The molecule has 9 heteroatoms.